The fraction of sp³-hybridized carbons (Fsp3) is 0.525. The van der Waals surface area contributed by atoms with Crippen molar-refractivity contribution in [3.8, 4) is 11.5 Å². The summed E-state index contributed by atoms with van der Waals surface area (Å²) in [5.41, 5.74) is -1.03. The number of nitrogens with one attached hydrogen (secondary N) is 1. The number of benzene rings is 1. The molecular weight excluding hydrogens is 813 g/mol. The number of phenolic OH excluding ortho intramolecular Hbond substituents is 1. The van der Waals surface area contributed by atoms with Crippen LogP contribution in [0.25, 0.3) is 0 Å². The maximum Gasteiger partial charge on any atom is 0.312 e. The molecule has 0 aromatic heterocycles. The van der Waals surface area contributed by atoms with Crippen molar-refractivity contribution in [2.75, 3.05) is 7.11 Å². The van der Waals surface area contributed by atoms with Crippen molar-refractivity contribution in [3.05, 3.63) is 67.7 Å². The number of halogens is 1. The number of methoxy groups -OCH3 is 1. The van der Waals surface area contributed by atoms with E-state index < -0.39 is 76.3 Å². The van der Waals surface area contributed by atoms with E-state index in [1.165, 1.54) is 34.1 Å². The Morgan fingerprint density at radius 2 is 1.56 bits per heavy atom. The summed E-state index contributed by atoms with van der Waals surface area (Å²) in [6.07, 6.45) is 5.85. The van der Waals surface area contributed by atoms with Gasteiger partial charge < -0.3 is 38.8 Å². The topological polar surface area (TPSA) is 173 Å². The molecule has 2 N–H and O–H groups in total. The highest BCUT2D eigenvalue weighted by Gasteiger charge is 2.53. The average Bonchev–Trinajstić information content (AvgIpc) is 3.37. The van der Waals surface area contributed by atoms with Crippen LogP contribution in [0.15, 0.2) is 45.4 Å². The number of phenols is 1. The molecule has 14 heteroatoms. The molecule has 4 heterocycles. The number of carbonyl (C=O) groups is 5. The summed E-state index contributed by atoms with van der Waals surface area (Å²) in [5.74, 6) is -8.30. The number of fused-ring (bicyclic) bond motifs is 10. The molecule has 0 unspecified atom stereocenters. The molecule has 292 valence electrons. The summed E-state index contributed by atoms with van der Waals surface area (Å²) in [5, 5.41) is 13.8. The molecule has 1 saturated heterocycles. The summed E-state index contributed by atoms with van der Waals surface area (Å²) in [6, 6.07) is 0. The zero-order valence-corrected chi connectivity index (χ0v) is 34.5. The third-order valence-electron chi connectivity index (χ3n) is 10.7. The zero-order chi connectivity index (χ0) is 40.2. The van der Waals surface area contributed by atoms with Crippen LogP contribution >= 0.6 is 22.6 Å². The number of aromatic hydroxyl groups is 1. The van der Waals surface area contributed by atoms with Crippen molar-refractivity contribution in [2.24, 2.45) is 23.7 Å². The molecule has 1 fully saturated rings. The predicted octanol–water partition coefficient (Wildman–Crippen LogP) is 6.19. The lowest BCUT2D eigenvalue weighted by molar-refractivity contribution is -0.336. The lowest BCUT2D eigenvalue weighted by Gasteiger charge is -2.50. The first-order chi connectivity index (χ1) is 25.2. The Kier molecular flexibility index (Phi) is 11.7. The SMILES string of the molecule is CO[C@H]1/C=C\O[C@@]2(C)Oc3c(C)c(O)c4c(c3C2=O)C(=O)C(I)=C(NC(=O)/C(C)=C\C=C/[C@H](C)[C@H]2OC(C)(C)O[C@@H]([C@H](C)[C@H](OC(C)=O)[C@@H]1C)[C@@H]2C)C4=O. The van der Waals surface area contributed by atoms with E-state index in [1.54, 1.807) is 47.7 Å². The highest BCUT2D eigenvalue weighted by atomic mass is 127. The van der Waals surface area contributed by atoms with Gasteiger partial charge in [0.2, 0.25) is 11.6 Å². The maximum atomic E-state index is 14.1. The predicted molar refractivity (Wildman–Crippen MR) is 204 cm³/mol. The highest BCUT2D eigenvalue weighted by Crippen LogP contribution is 2.49. The highest BCUT2D eigenvalue weighted by molar-refractivity contribution is 14.1. The number of ketones is 3. The van der Waals surface area contributed by atoms with Gasteiger partial charge in [0.05, 0.1) is 44.8 Å². The lowest BCUT2D eigenvalue weighted by Crippen LogP contribution is -2.56. The summed E-state index contributed by atoms with van der Waals surface area (Å²) in [7, 11) is 1.49. The maximum absolute atomic E-state index is 14.1. The molecule has 13 nitrogen and oxygen atoms in total. The average molecular weight is 862 g/mol. The van der Waals surface area contributed by atoms with Crippen molar-refractivity contribution >= 4 is 51.8 Å². The van der Waals surface area contributed by atoms with E-state index in [1.807, 2.05) is 47.6 Å². The second kappa shape index (κ2) is 15.3. The second-order valence-corrected chi connectivity index (χ2v) is 16.1. The fourth-order valence-corrected chi connectivity index (χ4v) is 8.39. The Bertz CT molecular complexity index is 1910. The van der Waals surface area contributed by atoms with Crippen LogP contribution in [0.1, 0.15) is 99.0 Å². The van der Waals surface area contributed by atoms with Crippen LogP contribution < -0.4 is 10.1 Å². The Balaban J connectivity index is 1.64. The number of carbonyl (C=O) groups excluding carboxylic acids is 5. The Morgan fingerprint density at radius 1 is 0.907 bits per heavy atom. The summed E-state index contributed by atoms with van der Waals surface area (Å²) in [4.78, 5) is 67.9. The Morgan fingerprint density at radius 3 is 2.19 bits per heavy atom. The first-order valence-electron chi connectivity index (χ1n) is 17.8. The van der Waals surface area contributed by atoms with Crippen molar-refractivity contribution in [3.63, 3.8) is 0 Å². The fourth-order valence-electron chi connectivity index (χ4n) is 7.74. The normalized spacial score (nSPS) is 35.0. The monoisotopic (exact) mass is 861 g/mol. The van der Waals surface area contributed by atoms with Crippen molar-refractivity contribution in [2.45, 2.75) is 105 Å². The molecule has 7 bridgehead atoms. The summed E-state index contributed by atoms with van der Waals surface area (Å²) < 4.78 is 36.6. The molecule has 0 spiro atoms. The van der Waals surface area contributed by atoms with Crippen LogP contribution in [0.3, 0.4) is 0 Å². The van der Waals surface area contributed by atoms with Crippen LogP contribution in [0.2, 0.25) is 0 Å². The van der Waals surface area contributed by atoms with Gasteiger partial charge >= 0.3 is 11.8 Å². The number of rotatable bonds is 2. The molecule has 1 aromatic carbocycles. The van der Waals surface area contributed by atoms with Gasteiger partial charge in [0, 0.05) is 55.8 Å². The molecule has 5 aliphatic rings. The number of hydrogen-bond acceptors (Lipinski definition) is 12. The minimum absolute atomic E-state index is 0.0356. The number of ether oxygens (including phenoxy) is 6. The number of amides is 1. The van der Waals surface area contributed by atoms with Gasteiger partial charge in [-0.3, -0.25) is 24.0 Å². The molecule has 9 atom stereocenters. The van der Waals surface area contributed by atoms with Gasteiger partial charge in [-0.25, -0.2) is 0 Å². The largest absolute Gasteiger partial charge is 0.507 e. The van der Waals surface area contributed by atoms with Crippen molar-refractivity contribution in [1.82, 2.24) is 5.32 Å². The van der Waals surface area contributed by atoms with Crippen LogP contribution in [0.5, 0.6) is 11.5 Å². The van der Waals surface area contributed by atoms with Crippen molar-refractivity contribution in [1.29, 1.82) is 0 Å². The molecule has 0 saturated carbocycles. The quantitative estimate of drug-likeness (QED) is 0.256. The van der Waals surface area contributed by atoms with Gasteiger partial charge in [-0.2, -0.15) is 0 Å². The van der Waals surface area contributed by atoms with Crippen LogP contribution in [0.4, 0.5) is 0 Å². The number of esters is 1. The third-order valence-corrected chi connectivity index (χ3v) is 11.7. The van der Waals surface area contributed by atoms with E-state index in [-0.39, 0.29) is 61.1 Å². The van der Waals surface area contributed by atoms with Gasteiger partial charge in [0.1, 0.15) is 23.3 Å². The number of Topliss-reactive ketones (excluding diaryl/α,β-unsaturated/α-hetero) is 3. The molecule has 4 aliphatic heterocycles. The third kappa shape index (κ3) is 7.41. The van der Waals surface area contributed by atoms with Crippen molar-refractivity contribution < 1.29 is 57.5 Å². The molecule has 6 rings (SSSR count). The first-order valence-corrected chi connectivity index (χ1v) is 18.9. The van der Waals surface area contributed by atoms with Gasteiger partial charge in [0.25, 0.3) is 11.7 Å². The molecule has 1 amide bonds. The van der Waals surface area contributed by atoms with Gasteiger partial charge in [0.15, 0.2) is 5.79 Å². The second-order valence-electron chi connectivity index (χ2n) is 15.1. The standard InChI is InChI=1S/C40H48INO12/c1-17-13-12-14-18(2)38(48)42-29-28(41)31(45)25-26(32(29)46)30(44)20(4)36-27(25)37(47)40(10,54-36)50-16-15-24(49-11)19(3)34(51-23(7)43)22(6)35-21(5)33(17)52-39(8,9)53-35/h12-17,19,21-22,24,33-35,44H,1-11H3,(H,42,48)/b13-12-,16-15-,18-14-/t17-,19+,21+,22+,24-,33+,34+,35+,40-/m0/s1. The molecule has 1 aromatic rings. The summed E-state index contributed by atoms with van der Waals surface area (Å²) in [6.45, 7) is 17.2. The van der Waals surface area contributed by atoms with Crippen LogP contribution in [-0.2, 0) is 33.3 Å². The Labute approximate surface area is 328 Å². The van der Waals surface area contributed by atoms with E-state index in [0.717, 1.165) is 0 Å². The molecular formula is C40H48INO12. The molecule has 54 heavy (non-hydrogen) atoms. The number of allylic oxidation sites excluding steroid dienone is 4. The smallest absolute Gasteiger partial charge is 0.312 e. The van der Waals surface area contributed by atoms with Gasteiger partial charge in [-0.1, -0.05) is 45.9 Å². The minimum Gasteiger partial charge on any atom is -0.507 e. The minimum atomic E-state index is -2.01. The molecule has 1 aliphatic carbocycles. The van der Waals surface area contributed by atoms with Gasteiger partial charge in [-0.15, -0.1) is 0 Å². The van der Waals surface area contributed by atoms with Crippen LogP contribution in [-0.4, -0.2) is 77.4 Å². The van der Waals surface area contributed by atoms with Gasteiger partial charge in [-0.05, 0) is 56.4 Å². The van der Waals surface area contributed by atoms with E-state index in [9.17, 15) is 29.1 Å². The summed E-state index contributed by atoms with van der Waals surface area (Å²) >= 11 is 1.65. The zero-order valence-electron chi connectivity index (χ0n) is 32.3. The Hall–Kier alpha value is -3.86. The number of hydrogen-bond donors (Lipinski definition) is 2. The lowest BCUT2D eigenvalue weighted by atomic mass is 9.77. The van der Waals surface area contributed by atoms with Crippen LogP contribution in [0, 0.1) is 30.6 Å². The van der Waals surface area contributed by atoms with E-state index in [4.69, 9.17) is 28.4 Å². The molecule has 0 radical (unpaired) electrons. The van der Waals surface area contributed by atoms with E-state index in [2.05, 4.69) is 5.32 Å². The first kappa shape index (κ1) is 41.3. The van der Waals surface area contributed by atoms with E-state index in [0.29, 0.717) is 0 Å². The van der Waals surface area contributed by atoms with E-state index >= 15 is 0 Å².